The van der Waals surface area contributed by atoms with E-state index in [4.69, 9.17) is 0 Å². The topological polar surface area (TPSA) is 90.7 Å². The number of carboxylic acid groups (broad SMARTS) is 1. The summed E-state index contributed by atoms with van der Waals surface area (Å²) < 4.78 is 0. The van der Waals surface area contributed by atoms with Crippen molar-refractivity contribution < 1.29 is 9.90 Å². The van der Waals surface area contributed by atoms with Crippen molar-refractivity contribution in [3.8, 4) is 22.5 Å². The number of hydrogen-bond acceptors (Lipinski definition) is 4. The maximum atomic E-state index is 11.2. The molecule has 3 aromatic carbocycles. The van der Waals surface area contributed by atoms with Gasteiger partial charge in [-0.25, -0.2) is 9.78 Å². The minimum atomic E-state index is -1.00. The standard InChI is InChI=1S/C23H18N4O2/c1-15-12-13-18(22(28)29)14-19(15)26-27-23-24-20(16-8-4-2-5-9-16)21(25-23)17-10-6-3-7-11-17/h2-14H,1H3,(H,24,25)(H,28,29). The van der Waals surface area contributed by atoms with Gasteiger partial charge in [-0.15, -0.1) is 10.2 Å². The molecule has 1 heterocycles. The molecule has 0 aliphatic rings. The van der Waals surface area contributed by atoms with Crippen LogP contribution in [0.4, 0.5) is 11.6 Å². The molecule has 0 saturated carbocycles. The second-order valence-corrected chi connectivity index (χ2v) is 6.52. The van der Waals surface area contributed by atoms with Crippen molar-refractivity contribution in [3.05, 3.63) is 90.0 Å². The molecule has 0 aliphatic carbocycles. The van der Waals surface area contributed by atoms with E-state index < -0.39 is 5.97 Å². The first kappa shape index (κ1) is 18.3. The lowest BCUT2D eigenvalue weighted by Gasteiger charge is -2.02. The lowest BCUT2D eigenvalue weighted by Crippen LogP contribution is -1.95. The molecule has 142 valence electrons. The SMILES string of the molecule is Cc1ccc(C(=O)O)cc1N=Nc1nc(-c2ccccc2)c(-c2ccccc2)[nH]1. The first-order chi connectivity index (χ1) is 14.1. The van der Waals surface area contributed by atoms with Gasteiger partial charge < -0.3 is 10.1 Å². The molecule has 0 aliphatic heterocycles. The van der Waals surface area contributed by atoms with Crippen LogP contribution < -0.4 is 0 Å². The molecule has 0 amide bonds. The van der Waals surface area contributed by atoms with Gasteiger partial charge in [-0.2, -0.15) is 0 Å². The first-order valence-corrected chi connectivity index (χ1v) is 9.08. The number of carbonyl (C=O) groups is 1. The number of rotatable bonds is 5. The van der Waals surface area contributed by atoms with Crippen LogP contribution in [-0.2, 0) is 0 Å². The van der Waals surface area contributed by atoms with E-state index in [0.29, 0.717) is 11.6 Å². The normalized spacial score (nSPS) is 11.1. The van der Waals surface area contributed by atoms with Crippen LogP contribution in [0.25, 0.3) is 22.5 Å². The van der Waals surface area contributed by atoms with Crippen LogP contribution in [0.3, 0.4) is 0 Å². The summed E-state index contributed by atoms with van der Waals surface area (Å²) in [5.74, 6) is -0.653. The Balaban J connectivity index is 1.76. The molecule has 0 bridgehead atoms. The summed E-state index contributed by atoms with van der Waals surface area (Å²) >= 11 is 0. The maximum absolute atomic E-state index is 11.2. The summed E-state index contributed by atoms with van der Waals surface area (Å²) in [6, 6.07) is 24.5. The van der Waals surface area contributed by atoms with E-state index in [-0.39, 0.29) is 5.56 Å². The number of H-pyrrole nitrogens is 1. The van der Waals surface area contributed by atoms with Gasteiger partial charge in [0.25, 0.3) is 0 Å². The zero-order valence-electron chi connectivity index (χ0n) is 15.7. The van der Waals surface area contributed by atoms with Gasteiger partial charge >= 0.3 is 5.97 Å². The molecule has 1 aromatic heterocycles. The summed E-state index contributed by atoms with van der Waals surface area (Å²) in [4.78, 5) is 19.1. The van der Waals surface area contributed by atoms with Gasteiger partial charge in [0.15, 0.2) is 0 Å². The number of aromatic carboxylic acids is 1. The monoisotopic (exact) mass is 382 g/mol. The summed E-state index contributed by atoms with van der Waals surface area (Å²) in [5.41, 5.74) is 5.07. The third-order valence-electron chi connectivity index (χ3n) is 4.51. The van der Waals surface area contributed by atoms with Crippen molar-refractivity contribution in [1.82, 2.24) is 9.97 Å². The quantitative estimate of drug-likeness (QED) is 0.405. The Kier molecular flexibility index (Phi) is 4.99. The number of hydrogen-bond donors (Lipinski definition) is 2. The van der Waals surface area contributed by atoms with Crippen molar-refractivity contribution in [3.63, 3.8) is 0 Å². The van der Waals surface area contributed by atoms with E-state index in [9.17, 15) is 9.90 Å². The highest BCUT2D eigenvalue weighted by molar-refractivity contribution is 5.88. The molecule has 29 heavy (non-hydrogen) atoms. The molecule has 4 rings (SSSR count). The molecule has 0 saturated heterocycles. The van der Waals surface area contributed by atoms with Gasteiger partial charge in [0.2, 0.25) is 5.95 Å². The fraction of sp³-hybridized carbons (Fsp3) is 0.0435. The number of nitrogens with zero attached hydrogens (tertiary/aromatic N) is 3. The summed E-state index contributed by atoms with van der Waals surface area (Å²) in [6.07, 6.45) is 0. The highest BCUT2D eigenvalue weighted by atomic mass is 16.4. The average molecular weight is 382 g/mol. The van der Waals surface area contributed by atoms with Crippen LogP contribution in [0.15, 0.2) is 89.1 Å². The number of aromatic amines is 1. The molecular formula is C23H18N4O2. The van der Waals surface area contributed by atoms with Crippen molar-refractivity contribution in [2.45, 2.75) is 6.92 Å². The fourth-order valence-corrected chi connectivity index (χ4v) is 2.98. The highest BCUT2D eigenvalue weighted by Gasteiger charge is 2.14. The van der Waals surface area contributed by atoms with E-state index in [1.807, 2.05) is 67.6 Å². The van der Waals surface area contributed by atoms with Gasteiger partial charge in [-0.3, -0.25) is 0 Å². The highest BCUT2D eigenvalue weighted by Crippen LogP contribution is 2.32. The van der Waals surface area contributed by atoms with E-state index in [0.717, 1.165) is 28.1 Å². The van der Waals surface area contributed by atoms with E-state index in [1.54, 1.807) is 12.1 Å². The number of azo groups is 1. The largest absolute Gasteiger partial charge is 0.478 e. The first-order valence-electron chi connectivity index (χ1n) is 9.08. The maximum Gasteiger partial charge on any atom is 0.335 e. The third-order valence-corrected chi connectivity index (χ3v) is 4.51. The molecule has 0 unspecified atom stereocenters. The predicted octanol–water partition coefficient (Wildman–Crippen LogP) is 6.17. The Morgan fingerprint density at radius 1 is 0.897 bits per heavy atom. The van der Waals surface area contributed by atoms with Crippen molar-refractivity contribution >= 4 is 17.6 Å². The van der Waals surface area contributed by atoms with E-state index in [1.165, 1.54) is 6.07 Å². The number of imidazole rings is 1. The second-order valence-electron chi connectivity index (χ2n) is 6.52. The Labute approximate surface area is 167 Å². The van der Waals surface area contributed by atoms with Crippen LogP contribution in [-0.4, -0.2) is 21.0 Å². The summed E-state index contributed by atoms with van der Waals surface area (Å²) in [7, 11) is 0. The Morgan fingerprint density at radius 3 is 2.21 bits per heavy atom. The molecule has 4 aromatic rings. The Morgan fingerprint density at radius 2 is 1.55 bits per heavy atom. The lowest BCUT2D eigenvalue weighted by atomic mass is 10.1. The smallest absolute Gasteiger partial charge is 0.335 e. The van der Waals surface area contributed by atoms with Crippen LogP contribution >= 0.6 is 0 Å². The van der Waals surface area contributed by atoms with Gasteiger partial charge in [0.1, 0.15) is 0 Å². The molecule has 0 spiro atoms. The zero-order chi connectivity index (χ0) is 20.2. The molecule has 0 fully saturated rings. The number of aromatic nitrogens is 2. The summed E-state index contributed by atoms with van der Waals surface area (Å²) in [5, 5.41) is 17.7. The van der Waals surface area contributed by atoms with Gasteiger partial charge in [0, 0.05) is 11.1 Å². The minimum Gasteiger partial charge on any atom is -0.478 e. The van der Waals surface area contributed by atoms with Crippen LogP contribution in [0.2, 0.25) is 0 Å². The molecule has 2 N–H and O–H groups in total. The third kappa shape index (κ3) is 3.96. The zero-order valence-corrected chi connectivity index (χ0v) is 15.7. The van der Waals surface area contributed by atoms with Gasteiger partial charge in [-0.1, -0.05) is 66.7 Å². The van der Waals surface area contributed by atoms with E-state index in [2.05, 4.69) is 20.2 Å². The van der Waals surface area contributed by atoms with Gasteiger partial charge in [0.05, 0.1) is 22.6 Å². The minimum absolute atomic E-state index is 0.166. The molecule has 0 radical (unpaired) electrons. The number of aryl methyl sites for hydroxylation is 1. The lowest BCUT2D eigenvalue weighted by molar-refractivity contribution is 0.0697. The number of benzene rings is 3. The summed E-state index contributed by atoms with van der Waals surface area (Å²) in [6.45, 7) is 1.85. The molecule has 0 atom stereocenters. The Hall–Kier alpha value is -4.06. The number of carboxylic acids is 1. The average Bonchev–Trinajstić information content (AvgIpc) is 3.18. The van der Waals surface area contributed by atoms with Crippen LogP contribution in [0.1, 0.15) is 15.9 Å². The van der Waals surface area contributed by atoms with Crippen molar-refractivity contribution in [2.75, 3.05) is 0 Å². The van der Waals surface area contributed by atoms with E-state index >= 15 is 0 Å². The second kappa shape index (κ2) is 7.90. The molecular weight excluding hydrogens is 364 g/mol. The molecule has 6 heteroatoms. The number of nitrogens with one attached hydrogen (secondary N) is 1. The Bertz CT molecular complexity index is 1130. The van der Waals surface area contributed by atoms with Crippen molar-refractivity contribution in [1.29, 1.82) is 0 Å². The van der Waals surface area contributed by atoms with Crippen LogP contribution in [0.5, 0.6) is 0 Å². The molecule has 6 nitrogen and oxygen atoms in total. The van der Waals surface area contributed by atoms with Gasteiger partial charge in [-0.05, 0) is 24.6 Å². The fourth-order valence-electron chi connectivity index (χ4n) is 2.98. The van der Waals surface area contributed by atoms with Crippen molar-refractivity contribution in [2.24, 2.45) is 10.2 Å². The van der Waals surface area contributed by atoms with Crippen LogP contribution in [0, 0.1) is 6.92 Å². The predicted molar refractivity (Wildman–Crippen MR) is 112 cm³/mol.